The molecule has 2 rings (SSSR count). The molecule has 1 aliphatic carbocycles. The van der Waals surface area contributed by atoms with Crippen LogP contribution in [0.3, 0.4) is 0 Å². The number of hydrogen-bond donors (Lipinski definition) is 0. The summed E-state index contributed by atoms with van der Waals surface area (Å²) >= 11 is 0. The summed E-state index contributed by atoms with van der Waals surface area (Å²) in [7, 11) is -3.45. The van der Waals surface area contributed by atoms with Crippen molar-refractivity contribution >= 4 is 10.0 Å². The van der Waals surface area contributed by atoms with Gasteiger partial charge in [-0.2, -0.15) is 9.57 Å². The van der Waals surface area contributed by atoms with Crippen molar-refractivity contribution in [2.75, 3.05) is 13.1 Å². The van der Waals surface area contributed by atoms with E-state index in [1.165, 1.54) is 6.42 Å². The molecule has 0 unspecified atom stereocenters. The van der Waals surface area contributed by atoms with Gasteiger partial charge < -0.3 is 0 Å². The second-order valence-electron chi connectivity index (χ2n) is 5.34. The Morgan fingerprint density at radius 2 is 2.10 bits per heavy atom. The predicted molar refractivity (Wildman–Crippen MR) is 77.7 cm³/mol. The maximum atomic E-state index is 12.7. The molecule has 20 heavy (non-hydrogen) atoms. The van der Waals surface area contributed by atoms with E-state index in [4.69, 9.17) is 5.26 Å². The van der Waals surface area contributed by atoms with Gasteiger partial charge in [0.15, 0.2) is 0 Å². The average molecular weight is 292 g/mol. The molecule has 108 valence electrons. The normalized spacial score (nSPS) is 15.9. The molecule has 0 aliphatic heterocycles. The molecule has 1 aromatic carbocycles. The third-order valence-electron chi connectivity index (χ3n) is 3.96. The van der Waals surface area contributed by atoms with Gasteiger partial charge in [0.2, 0.25) is 10.0 Å². The molecule has 1 saturated carbocycles. The van der Waals surface area contributed by atoms with E-state index in [1.54, 1.807) is 29.4 Å². The summed E-state index contributed by atoms with van der Waals surface area (Å²) in [6.07, 6.45) is 3.45. The fraction of sp³-hybridized carbons (Fsp3) is 0.533. The SMILES string of the molecule is CCN(CC1CCC1)S(=O)(=O)c1ccc(C#N)cc1C. The minimum Gasteiger partial charge on any atom is -0.207 e. The fourth-order valence-electron chi connectivity index (χ4n) is 2.51. The number of rotatable bonds is 5. The van der Waals surface area contributed by atoms with E-state index in [1.807, 2.05) is 13.0 Å². The second-order valence-corrected chi connectivity index (χ2v) is 7.25. The third kappa shape index (κ3) is 2.87. The molecular weight excluding hydrogens is 272 g/mol. The van der Waals surface area contributed by atoms with Gasteiger partial charge in [0.1, 0.15) is 0 Å². The van der Waals surface area contributed by atoms with Gasteiger partial charge >= 0.3 is 0 Å². The second kappa shape index (κ2) is 5.94. The van der Waals surface area contributed by atoms with Crippen molar-refractivity contribution in [1.29, 1.82) is 5.26 Å². The maximum Gasteiger partial charge on any atom is 0.243 e. The smallest absolute Gasteiger partial charge is 0.207 e. The highest BCUT2D eigenvalue weighted by Crippen LogP contribution is 2.29. The molecule has 0 amide bonds. The standard InChI is InChI=1S/C15H20N2O2S/c1-3-17(11-13-5-4-6-13)20(18,19)15-8-7-14(10-16)9-12(15)2/h7-9,13H,3-6,11H2,1-2H3. The molecule has 1 fully saturated rings. The Morgan fingerprint density at radius 3 is 2.55 bits per heavy atom. The summed E-state index contributed by atoms with van der Waals surface area (Å²) in [4.78, 5) is 0.317. The van der Waals surface area contributed by atoms with Crippen LogP contribution in [0.4, 0.5) is 0 Å². The van der Waals surface area contributed by atoms with E-state index in [-0.39, 0.29) is 0 Å². The van der Waals surface area contributed by atoms with Crippen LogP contribution in [-0.2, 0) is 10.0 Å². The van der Waals surface area contributed by atoms with Crippen LogP contribution in [0, 0.1) is 24.2 Å². The maximum absolute atomic E-state index is 12.7. The zero-order valence-corrected chi connectivity index (χ0v) is 12.8. The Balaban J connectivity index is 2.30. The summed E-state index contributed by atoms with van der Waals surface area (Å²) in [5, 5.41) is 8.86. The first-order valence-electron chi connectivity index (χ1n) is 7.00. The lowest BCUT2D eigenvalue weighted by atomic mass is 9.85. The number of nitrogens with zero attached hydrogens (tertiary/aromatic N) is 2. The van der Waals surface area contributed by atoms with Crippen LogP contribution in [-0.4, -0.2) is 25.8 Å². The quantitative estimate of drug-likeness (QED) is 0.838. The topological polar surface area (TPSA) is 61.2 Å². The minimum atomic E-state index is -3.45. The molecule has 0 aromatic heterocycles. The first-order valence-corrected chi connectivity index (χ1v) is 8.44. The molecule has 0 N–H and O–H groups in total. The lowest BCUT2D eigenvalue weighted by Gasteiger charge is -2.31. The van der Waals surface area contributed by atoms with E-state index in [0.29, 0.717) is 35.0 Å². The van der Waals surface area contributed by atoms with Crippen LogP contribution in [0.5, 0.6) is 0 Å². The highest BCUT2D eigenvalue weighted by atomic mass is 32.2. The largest absolute Gasteiger partial charge is 0.243 e. The van der Waals surface area contributed by atoms with Crippen LogP contribution in [0.25, 0.3) is 0 Å². The van der Waals surface area contributed by atoms with E-state index in [2.05, 4.69) is 0 Å². The average Bonchev–Trinajstić information content (AvgIpc) is 2.36. The first-order chi connectivity index (χ1) is 9.48. The van der Waals surface area contributed by atoms with Gasteiger partial charge in [0.05, 0.1) is 16.5 Å². The van der Waals surface area contributed by atoms with Crippen LogP contribution >= 0.6 is 0 Å². The van der Waals surface area contributed by atoms with E-state index in [0.717, 1.165) is 12.8 Å². The minimum absolute atomic E-state index is 0.317. The Morgan fingerprint density at radius 1 is 1.40 bits per heavy atom. The Labute approximate surface area is 121 Å². The van der Waals surface area contributed by atoms with E-state index < -0.39 is 10.0 Å². The van der Waals surface area contributed by atoms with Gasteiger partial charge in [-0.25, -0.2) is 8.42 Å². The molecule has 0 radical (unpaired) electrons. The lowest BCUT2D eigenvalue weighted by Crippen LogP contribution is -2.37. The van der Waals surface area contributed by atoms with Crippen molar-refractivity contribution in [3.8, 4) is 6.07 Å². The van der Waals surface area contributed by atoms with Gasteiger partial charge in [0, 0.05) is 13.1 Å². The number of benzene rings is 1. The van der Waals surface area contributed by atoms with Crippen molar-refractivity contribution in [3.63, 3.8) is 0 Å². The number of aryl methyl sites for hydroxylation is 1. The predicted octanol–water partition coefficient (Wildman–Crippen LogP) is 2.68. The fourth-order valence-corrected chi connectivity index (χ4v) is 4.24. The van der Waals surface area contributed by atoms with Crippen LogP contribution in [0.15, 0.2) is 23.1 Å². The van der Waals surface area contributed by atoms with Gasteiger partial charge in [-0.1, -0.05) is 13.3 Å². The van der Waals surface area contributed by atoms with Crippen molar-refractivity contribution in [1.82, 2.24) is 4.31 Å². The Hall–Kier alpha value is -1.38. The van der Waals surface area contributed by atoms with Gasteiger partial charge in [0.25, 0.3) is 0 Å². The molecule has 1 aromatic rings. The van der Waals surface area contributed by atoms with Gasteiger partial charge in [-0.05, 0) is 49.4 Å². The Bertz CT molecular complexity index is 628. The van der Waals surface area contributed by atoms with E-state index >= 15 is 0 Å². The van der Waals surface area contributed by atoms with Crippen molar-refractivity contribution in [2.45, 2.75) is 38.0 Å². The highest BCUT2D eigenvalue weighted by molar-refractivity contribution is 7.89. The third-order valence-corrected chi connectivity index (χ3v) is 6.06. The molecule has 0 saturated heterocycles. The molecule has 1 aliphatic rings. The van der Waals surface area contributed by atoms with Gasteiger partial charge in [-0.3, -0.25) is 0 Å². The Kier molecular flexibility index (Phi) is 4.46. The highest BCUT2D eigenvalue weighted by Gasteiger charge is 2.29. The zero-order chi connectivity index (χ0) is 14.8. The summed E-state index contributed by atoms with van der Waals surface area (Å²) < 4.78 is 27.0. The molecule has 0 bridgehead atoms. The molecule has 0 heterocycles. The number of nitriles is 1. The summed E-state index contributed by atoms with van der Waals surface area (Å²) in [6.45, 7) is 4.71. The number of sulfonamides is 1. The lowest BCUT2D eigenvalue weighted by molar-refractivity contribution is 0.250. The summed E-state index contributed by atoms with van der Waals surface area (Å²) in [5.74, 6) is 0.503. The molecule has 0 spiro atoms. The van der Waals surface area contributed by atoms with Gasteiger partial charge in [-0.15, -0.1) is 0 Å². The zero-order valence-electron chi connectivity index (χ0n) is 12.0. The molecule has 0 atom stereocenters. The molecular formula is C15H20N2O2S. The van der Waals surface area contributed by atoms with Crippen LogP contribution < -0.4 is 0 Å². The molecule has 5 heteroatoms. The monoisotopic (exact) mass is 292 g/mol. The van der Waals surface area contributed by atoms with Crippen LogP contribution in [0.2, 0.25) is 0 Å². The van der Waals surface area contributed by atoms with Crippen LogP contribution in [0.1, 0.15) is 37.3 Å². The first kappa shape index (κ1) is 15.0. The number of hydrogen-bond acceptors (Lipinski definition) is 3. The molecule has 4 nitrogen and oxygen atoms in total. The summed E-state index contributed by atoms with van der Waals surface area (Å²) in [5.41, 5.74) is 1.12. The summed E-state index contributed by atoms with van der Waals surface area (Å²) in [6, 6.07) is 6.78. The van der Waals surface area contributed by atoms with E-state index in [9.17, 15) is 8.42 Å². The van der Waals surface area contributed by atoms with Crippen molar-refractivity contribution in [3.05, 3.63) is 29.3 Å². The van der Waals surface area contributed by atoms with Crippen molar-refractivity contribution in [2.24, 2.45) is 5.92 Å². The van der Waals surface area contributed by atoms with Crippen molar-refractivity contribution < 1.29 is 8.42 Å².